The van der Waals surface area contributed by atoms with Crippen LogP contribution in [-0.4, -0.2) is 19.3 Å². The monoisotopic (exact) mass is 353 g/mol. The van der Waals surface area contributed by atoms with Crippen molar-refractivity contribution in [1.29, 1.82) is 5.26 Å². The van der Waals surface area contributed by atoms with Crippen molar-refractivity contribution >= 4 is 23.4 Å². The lowest BCUT2D eigenvalue weighted by atomic mass is 10.2. The van der Waals surface area contributed by atoms with Crippen LogP contribution in [0.3, 0.4) is 0 Å². The van der Waals surface area contributed by atoms with Crippen LogP contribution in [0.15, 0.2) is 65.2 Å². The second kappa shape index (κ2) is 9.40. The van der Waals surface area contributed by atoms with E-state index in [0.717, 1.165) is 21.9 Å². The summed E-state index contributed by atoms with van der Waals surface area (Å²) in [6.07, 6.45) is 3.41. The van der Waals surface area contributed by atoms with Gasteiger partial charge in [0.1, 0.15) is 17.4 Å². The molecule has 0 saturated carbocycles. The van der Waals surface area contributed by atoms with Crippen LogP contribution >= 0.6 is 11.8 Å². The van der Waals surface area contributed by atoms with Gasteiger partial charge in [-0.25, -0.2) is 0 Å². The number of anilines is 1. The topological polar surface area (TPSA) is 74.1 Å². The number of carbonyl (C=O) groups is 1. The Kier molecular flexibility index (Phi) is 6.93. The average molecular weight is 353 g/mol. The van der Waals surface area contributed by atoms with Gasteiger partial charge in [0.15, 0.2) is 0 Å². The smallest absolute Gasteiger partial charge is 0.263 e. The predicted octanol–water partition coefficient (Wildman–Crippen LogP) is 3.55. The molecule has 0 saturated heterocycles. The van der Waals surface area contributed by atoms with Gasteiger partial charge in [-0.05, 0) is 42.2 Å². The number of nitrogens with one attached hydrogen (secondary N) is 2. The van der Waals surface area contributed by atoms with Crippen LogP contribution in [0.25, 0.3) is 0 Å². The Morgan fingerprint density at radius 1 is 1.28 bits per heavy atom. The molecule has 0 fully saturated rings. The number of hydrogen-bond acceptors (Lipinski definition) is 5. The summed E-state index contributed by atoms with van der Waals surface area (Å²) in [5, 5.41) is 14.9. The van der Waals surface area contributed by atoms with Crippen LogP contribution in [0.4, 0.5) is 5.69 Å². The zero-order chi connectivity index (χ0) is 18.1. The van der Waals surface area contributed by atoms with Crippen molar-refractivity contribution in [3.8, 4) is 11.8 Å². The first-order valence-electron chi connectivity index (χ1n) is 7.58. The van der Waals surface area contributed by atoms with Crippen LogP contribution in [0.5, 0.6) is 5.75 Å². The van der Waals surface area contributed by atoms with Gasteiger partial charge in [0.25, 0.3) is 5.91 Å². The van der Waals surface area contributed by atoms with E-state index >= 15 is 0 Å². The number of benzene rings is 2. The van der Waals surface area contributed by atoms with Crippen molar-refractivity contribution in [3.63, 3.8) is 0 Å². The van der Waals surface area contributed by atoms with Crippen LogP contribution in [0.2, 0.25) is 0 Å². The van der Waals surface area contributed by atoms with Gasteiger partial charge in [-0.2, -0.15) is 5.26 Å². The molecule has 0 heterocycles. The molecule has 2 aromatic carbocycles. The van der Waals surface area contributed by atoms with E-state index in [-0.39, 0.29) is 5.57 Å². The summed E-state index contributed by atoms with van der Waals surface area (Å²) in [6.45, 7) is 0.337. The lowest BCUT2D eigenvalue weighted by Gasteiger charge is -2.07. The summed E-state index contributed by atoms with van der Waals surface area (Å²) < 4.78 is 5.09. The van der Waals surface area contributed by atoms with Crippen molar-refractivity contribution < 1.29 is 9.53 Å². The standard InChI is InChI=1S/C19H19N3O2S/c1-24-17-8-6-14(7-9-17)12-22-19(23)15(11-20)13-21-16-4-3-5-18(10-16)25-2/h3-10,13,21H,12H2,1-2H3,(H,22,23)/b15-13-. The van der Waals surface area contributed by atoms with Gasteiger partial charge < -0.3 is 15.4 Å². The van der Waals surface area contributed by atoms with Gasteiger partial charge in [0.2, 0.25) is 0 Å². The number of carbonyl (C=O) groups excluding carboxylic acids is 1. The first-order chi connectivity index (χ1) is 12.2. The Bertz CT molecular complexity index is 795. The number of nitriles is 1. The van der Waals surface area contributed by atoms with E-state index in [9.17, 15) is 10.1 Å². The quantitative estimate of drug-likeness (QED) is 0.452. The zero-order valence-electron chi connectivity index (χ0n) is 14.1. The molecule has 25 heavy (non-hydrogen) atoms. The molecule has 0 aliphatic rings. The van der Waals surface area contributed by atoms with E-state index in [2.05, 4.69) is 10.6 Å². The van der Waals surface area contributed by atoms with Crippen LogP contribution in [0, 0.1) is 11.3 Å². The SMILES string of the molecule is COc1ccc(CNC(=O)/C(C#N)=C\Nc2cccc(SC)c2)cc1. The Balaban J connectivity index is 1.96. The summed E-state index contributed by atoms with van der Waals surface area (Å²) in [5.41, 5.74) is 1.76. The zero-order valence-corrected chi connectivity index (χ0v) is 14.9. The van der Waals surface area contributed by atoms with E-state index in [1.807, 2.05) is 60.9 Å². The molecule has 0 spiro atoms. The maximum atomic E-state index is 12.1. The first kappa shape index (κ1) is 18.4. The minimum absolute atomic E-state index is 0.0167. The number of amides is 1. The molecular formula is C19H19N3O2S. The lowest BCUT2D eigenvalue weighted by molar-refractivity contribution is -0.117. The maximum absolute atomic E-state index is 12.1. The highest BCUT2D eigenvalue weighted by molar-refractivity contribution is 7.98. The van der Waals surface area contributed by atoms with Gasteiger partial charge in [-0.3, -0.25) is 4.79 Å². The summed E-state index contributed by atoms with van der Waals surface area (Å²) in [6, 6.07) is 17.0. The molecule has 0 aliphatic carbocycles. The number of thioether (sulfide) groups is 1. The van der Waals surface area contributed by atoms with E-state index in [1.165, 1.54) is 6.20 Å². The predicted molar refractivity (Wildman–Crippen MR) is 100 cm³/mol. The molecule has 5 nitrogen and oxygen atoms in total. The second-order valence-corrected chi connectivity index (χ2v) is 5.96. The molecule has 2 N–H and O–H groups in total. The van der Waals surface area contributed by atoms with E-state index in [0.29, 0.717) is 6.54 Å². The highest BCUT2D eigenvalue weighted by Gasteiger charge is 2.08. The largest absolute Gasteiger partial charge is 0.497 e. The summed E-state index contributed by atoms with van der Waals surface area (Å²) in [4.78, 5) is 13.2. The lowest BCUT2D eigenvalue weighted by Crippen LogP contribution is -2.24. The molecule has 128 valence electrons. The average Bonchev–Trinajstić information content (AvgIpc) is 2.67. The maximum Gasteiger partial charge on any atom is 0.263 e. The third-order valence-electron chi connectivity index (χ3n) is 3.43. The molecule has 0 aliphatic heterocycles. The van der Waals surface area contributed by atoms with E-state index < -0.39 is 5.91 Å². The highest BCUT2D eigenvalue weighted by atomic mass is 32.2. The number of rotatable bonds is 7. The Hall–Kier alpha value is -2.91. The van der Waals surface area contributed by atoms with Crippen LogP contribution < -0.4 is 15.4 Å². The van der Waals surface area contributed by atoms with Crippen molar-refractivity contribution in [2.24, 2.45) is 0 Å². The highest BCUT2D eigenvalue weighted by Crippen LogP contribution is 2.19. The van der Waals surface area contributed by atoms with Gasteiger partial charge in [-0.1, -0.05) is 18.2 Å². The summed E-state index contributed by atoms with van der Waals surface area (Å²) in [7, 11) is 1.60. The molecule has 0 radical (unpaired) electrons. The fourth-order valence-corrected chi connectivity index (χ4v) is 2.50. The molecule has 6 heteroatoms. The third-order valence-corrected chi connectivity index (χ3v) is 4.16. The molecular weight excluding hydrogens is 334 g/mol. The Labute approximate surface area is 151 Å². The minimum Gasteiger partial charge on any atom is -0.497 e. The Morgan fingerprint density at radius 3 is 2.68 bits per heavy atom. The van der Waals surface area contributed by atoms with Crippen LogP contribution in [0.1, 0.15) is 5.56 Å². The number of hydrogen-bond donors (Lipinski definition) is 2. The number of methoxy groups -OCH3 is 1. The van der Waals surface area contributed by atoms with Gasteiger partial charge in [0.05, 0.1) is 7.11 Å². The van der Waals surface area contributed by atoms with Crippen molar-refractivity contribution in [2.75, 3.05) is 18.7 Å². The van der Waals surface area contributed by atoms with E-state index in [1.54, 1.807) is 18.9 Å². The van der Waals surface area contributed by atoms with Gasteiger partial charge in [0, 0.05) is 23.3 Å². The van der Waals surface area contributed by atoms with Crippen molar-refractivity contribution in [1.82, 2.24) is 5.32 Å². The van der Waals surface area contributed by atoms with Crippen molar-refractivity contribution in [3.05, 3.63) is 65.9 Å². The first-order valence-corrected chi connectivity index (χ1v) is 8.80. The molecule has 0 bridgehead atoms. The molecule has 0 atom stereocenters. The number of ether oxygens (including phenoxy) is 1. The second-order valence-electron chi connectivity index (χ2n) is 5.08. The molecule has 2 aromatic rings. The van der Waals surface area contributed by atoms with E-state index in [4.69, 9.17) is 4.74 Å². The molecule has 0 unspecified atom stereocenters. The van der Waals surface area contributed by atoms with Gasteiger partial charge in [-0.15, -0.1) is 11.8 Å². The fraction of sp³-hybridized carbons (Fsp3) is 0.158. The summed E-state index contributed by atoms with van der Waals surface area (Å²) in [5.74, 6) is 0.330. The van der Waals surface area contributed by atoms with Crippen LogP contribution in [-0.2, 0) is 11.3 Å². The third kappa shape index (κ3) is 5.59. The Morgan fingerprint density at radius 2 is 2.04 bits per heavy atom. The van der Waals surface area contributed by atoms with Gasteiger partial charge >= 0.3 is 0 Å². The molecule has 0 aromatic heterocycles. The van der Waals surface area contributed by atoms with Crippen molar-refractivity contribution in [2.45, 2.75) is 11.4 Å². The fourth-order valence-electron chi connectivity index (χ4n) is 2.04. The summed E-state index contributed by atoms with van der Waals surface area (Å²) >= 11 is 1.62. The number of nitrogens with zero attached hydrogens (tertiary/aromatic N) is 1. The molecule has 2 rings (SSSR count). The normalized spacial score (nSPS) is 10.7. The minimum atomic E-state index is -0.424. The molecule has 1 amide bonds.